The summed E-state index contributed by atoms with van der Waals surface area (Å²) in [6.45, 7) is 3.99. The van der Waals surface area contributed by atoms with E-state index in [1.165, 1.54) is 6.08 Å². The number of ether oxygens (including phenoxy) is 2. The second-order valence-electron chi connectivity index (χ2n) is 5.60. The van der Waals surface area contributed by atoms with Crippen molar-refractivity contribution in [3.8, 4) is 17.6 Å². The standard InChI is InChI=1S/C19H15ClN2O3/c1-11-4-3-5-16(12(11)2)22-19(23)14(9-21)6-13-7-17-18(8-15(13)20)25-10-24-17/h3-8H,10H2,1-2H3,(H,22,23)/b14-6+. The summed E-state index contributed by atoms with van der Waals surface area (Å²) < 4.78 is 10.5. The largest absolute Gasteiger partial charge is 0.454 e. The number of carbonyl (C=O) groups is 1. The van der Waals surface area contributed by atoms with Gasteiger partial charge in [-0.2, -0.15) is 5.26 Å². The molecular formula is C19H15ClN2O3. The molecule has 2 aromatic carbocycles. The fraction of sp³-hybridized carbons (Fsp3) is 0.158. The number of nitriles is 1. The normalized spacial score (nSPS) is 12.6. The van der Waals surface area contributed by atoms with E-state index in [-0.39, 0.29) is 12.4 Å². The number of benzene rings is 2. The molecule has 0 radical (unpaired) electrons. The van der Waals surface area contributed by atoms with E-state index in [9.17, 15) is 10.1 Å². The number of rotatable bonds is 3. The van der Waals surface area contributed by atoms with Crippen molar-refractivity contribution < 1.29 is 14.3 Å². The molecule has 3 rings (SSSR count). The lowest BCUT2D eigenvalue weighted by atomic mass is 10.1. The number of amides is 1. The van der Waals surface area contributed by atoms with Gasteiger partial charge in [-0.25, -0.2) is 0 Å². The van der Waals surface area contributed by atoms with Gasteiger partial charge in [0.25, 0.3) is 5.91 Å². The summed E-state index contributed by atoms with van der Waals surface area (Å²) in [5.74, 6) is 0.577. The molecule has 1 amide bonds. The molecule has 0 saturated carbocycles. The van der Waals surface area contributed by atoms with E-state index in [1.54, 1.807) is 18.2 Å². The van der Waals surface area contributed by atoms with Crippen molar-refractivity contribution in [1.82, 2.24) is 0 Å². The minimum Gasteiger partial charge on any atom is -0.454 e. The third kappa shape index (κ3) is 3.44. The summed E-state index contributed by atoms with van der Waals surface area (Å²) in [7, 11) is 0. The molecule has 0 unspecified atom stereocenters. The zero-order valence-electron chi connectivity index (χ0n) is 13.7. The fourth-order valence-electron chi connectivity index (χ4n) is 2.42. The molecule has 0 atom stereocenters. The Morgan fingerprint density at radius 2 is 2.00 bits per heavy atom. The first-order valence-corrected chi connectivity index (χ1v) is 7.96. The van der Waals surface area contributed by atoms with Crippen LogP contribution in [0.2, 0.25) is 5.02 Å². The number of anilines is 1. The highest BCUT2D eigenvalue weighted by molar-refractivity contribution is 6.32. The van der Waals surface area contributed by atoms with Crippen LogP contribution in [0.4, 0.5) is 5.69 Å². The summed E-state index contributed by atoms with van der Waals surface area (Å²) in [6, 6.07) is 10.8. The van der Waals surface area contributed by atoms with Crippen LogP contribution in [0.5, 0.6) is 11.5 Å². The van der Waals surface area contributed by atoms with Crippen molar-refractivity contribution in [2.75, 3.05) is 12.1 Å². The minimum absolute atomic E-state index is 0.0540. The fourth-order valence-corrected chi connectivity index (χ4v) is 2.63. The Bertz CT molecular complexity index is 929. The monoisotopic (exact) mass is 354 g/mol. The molecule has 126 valence electrons. The van der Waals surface area contributed by atoms with Gasteiger partial charge in [0.2, 0.25) is 6.79 Å². The van der Waals surface area contributed by atoms with Crippen LogP contribution in [0, 0.1) is 25.2 Å². The van der Waals surface area contributed by atoms with Crippen LogP contribution in [-0.4, -0.2) is 12.7 Å². The summed E-state index contributed by atoms with van der Waals surface area (Å²) in [6.07, 6.45) is 1.44. The Kier molecular flexibility index (Phi) is 4.64. The maximum absolute atomic E-state index is 12.5. The average Bonchev–Trinajstić information content (AvgIpc) is 3.03. The summed E-state index contributed by atoms with van der Waals surface area (Å²) in [5, 5.41) is 12.5. The van der Waals surface area contributed by atoms with Gasteiger partial charge in [0, 0.05) is 11.8 Å². The number of carbonyl (C=O) groups excluding carboxylic acids is 1. The maximum atomic E-state index is 12.5. The third-order valence-electron chi connectivity index (χ3n) is 4.01. The molecule has 0 saturated heterocycles. The van der Waals surface area contributed by atoms with E-state index < -0.39 is 5.91 Å². The zero-order chi connectivity index (χ0) is 18.0. The lowest BCUT2D eigenvalue weighted by Gasteiger charge is -2.10. The van der Waals surface area contributed by atoms with Crippen LogP contribution in [0.25, 0.3) is 6.08 Å². The van der Waals surface area contributed by atoms with E-state index in [1.807, 2.05) is 32.0 Å². The van der Waals surface area contributed by atoms with Gasteiger partial charge in [-0.1, -0.05) is 23.7 Å². The predicted octanol–water partition coefficient (Wildman–Crippen LogP) is 4.23. The first-order valence-electron chi connectivity index (χ1n) is 7.58. The minimum atomic E-state index is -0.495. The van der Waals surface area contributed by atoms with Crippen LogP contribution in [0.15, 0.2) is 35.9 Å². The van der Waals surface area contributed by atoms with Crippen molar-refractivity contribution in [3.63, 3.8) is 0 Å². The number of hydrogen-bond acceptors (Lipinski definition) is 4. The molecule has 0 fully saturated rings. The Morgan fingerprint density at radius 1 is 1.28 bits per heavy atom. The van der Waals surface area contributed by atoms with Gasteiger partial charge in [-0.3, -0.25) is 4.79 Å². The Hall–Kier alpha value is -2.97. The second-order valence-corrected chi connectivity index (χ2v) is 6.01. The van der Waals surface area contributed by atoms with Gasteiger partial charge < -0.3 is 14.8 Å². The number of hydrogen-bond donors (Lipinski definition) is 1. The van der Waals surface area contributed by atoms with Gasteiger partial charge in [-0.05, 0) is 48.7 Å². The van der Waals surface area contributed by atoms with Crippen LogP contribution < -0.4 is 14.8 Å². The molecule has 5 nitrogen and oxygen atoms in total. The highest BCUT2D eigenvalue weighted by atomic mass is 35.5. The van der Waals surface area contributed by atoms with Crippen LogP contribution in [0.3, 0.4) is 0 Å². The van der Waals surface area contributed by atoms with Crippen LogP contribution in [0.1, 0.15) is 16.7 Å². The van der Waals surface area contributed by atoms with Gasteiger partial charge >= 0.3 is 0 Å². The first kappa shape index (κ1) is 16.9. The molecule has 1 aliphatic heterocycles. The van der Waals surface area contributed by atoms with Crippen LogP contribution >= 0.6 is 11.6 Å². The molecule has 0 spiro atoms. The van der Waals surface area contributed by atoms with Gasteiger partial charge in [-0.15, -0.1) is 0 Å². The number of halogens is 1. The summed E-state index contributed by atoms with van der Waals surface area (Å²) >= 11 is 6.20. The lowest BCUT2D eigenvalue weighted by Crippen LogP contribution is -2.14. The summed E-state index contributed by atoms with van der Waals surface area (Å²) in [5.41, 5.74) is 3.14. The average molecular weight is 355 g/mol. The second kappa shape index (κ2) is 6.88. The van der Waals surface area contributed by atoms with Crippen molar-refractivity contribution in [2.45, 2.75) is 13.8 Å². The number of fused-ring (bicyclic) bond motifs is 1. The van der Waals surface area contributed by atoms with E-state index in [4.69, 9.17) is 21.1 Å². The Morgan fingerprint density at radius 3 is 2.72 bits per heavy atom. The SMILES string of the molecule is Cc1cccc(NC(=O)/C(C#N)=C/c2cc3c(cc2Cl)OCO3)c1C. The quantitative estimate of drug-likeness (QED) is 0.661. The smallest absolute Gasteiger partial charge is 0.266 e. The molecule has 1 N–H and O–H groups in total. The third-order valence-corrected chi connectivity index (χ3v) is 4.34. The molecule has 6 heteroatoms. The molecule has 25 heavy (non-hydrogen) atoms. The number of nitrogens with zero attached hydrogens (tertiary/aromatic N) is 1. The summed E-state index contributed by atoms with van der Waals surface area (Å²) in [4.78, 5) is 12.5. The predicted molar refractivity (Wildman–Crippen MR) is 95.7 cm³/mol. The highest BCUT2D eigenvalue weighted by Gasteiger charge is 2.17. The highest BCUT2D eigenvalue weighted by Crippen LogP contribution is 2.37. The van der Waals surface area contributed by atoms with Crippen molar-refractivity contribution in [1.29, 1.82) is 5.26 Å². The molecule has 0 aliphatic carbocycles. The molecule has 1 heterocycles. The maximum Gasteiger partial charge on any atom is 0.266 e. The Labute approximate surface area is 150 Å². The van der Waals surface area contributed by atoms with Crippen molar-refractivity contribution >= 4 is 29.3 Å². The van der Waals surface area contributed by atoms with E-state index in [2.05, 4.69) is 5.32 Å². The van der Waals surface area contributed by atoms with E-state index in [0.29, 0.717) is 27.8 Å². The van der Waals surface area contributed by atoms with E-state index >= 15 is 0 Å². The molecule has 0 bridgehead atoms. The molecule has 2 aromatic rings. The van der Waals surface area contributed by atoms with Gasteiger partial charge in [0.05, 0.1) is 5.02 Å². The first-order chi connectivity index (χ1) is 12.0. The van der Waals surface area contributed by atoms with Gasteiger partial charge in [0.1, 0.15) is 11.6 Å². The van der Waals surface area contributed by atoms with Crippen LogP contribution in [-0.2, 0) is 4.79 Å². The van der Waals surface area contributed by atoms with Gasteiger partial charge in [0.15, 0.2) is 11.5 Å². The number of nitrogens with one attached hydrogen (secondary N) is 1. The molecule has 0 aromatic heterocycles. The Balaban J connectivity index is 1.89. The lowest BCUT2D eigenvalue weighted by molar-refractivity contribution is -0.112. The molecule has 1 aliphatic rings. The zero-order valence-corrected chi connectivity index (χ0v) is 14.5. The van der Waals surface area contributed by atoms with Crippen molar-refractivity contribution in [2.24, 2.45) is 0 Å². The number of aryl methyl sites for hydroxylation is 1. The van der Waals surface area contributed by atoms with E-state index in [0.717, 1.165) is 11.1 Å². The van der Waals surface area contributed by atoms with Crippen molar-refractivity contribution in [3.05, 3.63) is 57.6 Å². The molecular weight excluding hydrogens is 340 g/mol. The topological polar surface area (TPSA) is 71.4 Å².